The van der Waals surface area contributed by atoms with Gasteiger partial charge in [0.1, 0.15) is 5.52 Å². The summed E-state index contributed by atoms with van der Waals surface area (Å²) in [6.07, 6.45) is 2.22. The molecule has 0 amide bonds. The van der Waals surface area contributed by atoms with Crippen molar-refractivity contribution >= 4 is 34.0 Å². The average Bonchev–Trinajstić information content (AvgIpc) is 3.35. The molecular weight excluding hydrogens is 426 g/mol. The maximum absolute atomic E-state index is 12.0. The molecule has 0 radical (unpaired) electrons. The number of imidazole rings is 1. The first-order valence-corrected chi connectivity index (χ1v) is 12.1. The van der Waals surface area contributed by atoms with E-state index in [-0.39, 0.29) is 17.6 Å². The first-order valence-electron chi connectivity index (χ1n) is 9.84. The van der Waals surface area contributed by atoms with Gasteiger partial charge in [-0.3, -0.25) is 28.1 Å². The first-order chi connectivity index (χ1) is 14.2. The van der Waals surface area contributed by atoms with E-state index < -0.39 is 10.6 Å². The molecule has 3 aromatic rings. The summed E-state index contributed by atoms with van der Waals surface area (Å²) in [7, 11) is -2.47. The zero-order valence-corrected chi connectivity index (χ0v) is 18.8. The van der Waals surface area contributed by atoms with Gasteiger partial charge in [-0.15, -0.1) is 0 Å². The van der Waals surface area contributed by atoms with Gasteiger partial charge in [-0.05, 0) is 39.4 Å². The number of aromatic amines is 2. The molecule has 2 atom stereocenters. The number of nitrogens with zero attached hydrogens (tertiary/aromatic N) is 4. The van der Waals surface area contributed by atoms with Crippen LogP contribution in [0.2, 0.25) is 0 Å². The normalized spacial score (nSPS) is 20.6. The fourth-order valence-corrected chi connectivity index (χ4v) is 6.06. The third-order valence-electron chi connectivity index (χ3n) is 5.71. The number of hydrogen-bond donors (Lipinski definition) is 5. The Morgan fingerprint density at radius 2 is 2.20 bits per heavy atom. The van der Waals surface area contributed by atoms with Crippen molar-refractivity contribution in [1.82, 2.24) is 34.6 Å². The van der Waals surface area contributed by atoms with Crippen molar-refractivity contribution in [2.75, 3.05) is 11.5 Å². The summed E-state index contributed by atoms with van der Waals surface area (Å²) in [5.74, 6) is 0.824. The monoisotopic (exact) mass is 453 g/mol. The predicted molar refractivity (Wildman–Crippen MR) is 120 cm³/mol. The summed E-state index contributed by atoms with van der Waals surface area (Å²) in [5.41, 5.74) is 3.77. The van der Waals surface area contributed by atoms with Gasteiger partial charge in [-0.25, -0.2) is 4.98 Å². The van der Waals surface area contributed by atoms with Crippen LogP contribution in [0.5, 0.6) is 0 Å². The Labute approximate surface area is 180 Å². The van der Waals surface area contributed by atoms with Gasteiger partial charge in [0.25, 0.3) is 5.56 Å². The minimum Gasteiger partial charge on any atom is -0.339 e. The number of H-pyrrole nitrogens is 2. The predicted octanol–water partition coefficient (Wildman–Crippen LogP) is 2.47. The number of nitrogens with one attached hydrogen (secondary N) is 3. The zero-order chi connectivity index (χ0) is 21.6. The van der Waals surface area contributed by atoms with Gasteiger partial charge in [0, 0.05) is 36.1 Å². The molecule has 0 spiro atoms. The van der Waals surface area contributed by atoms with Gasteiger partial charge >= 0.3 is 0 Å². The highest BCUT2D eigenvalue weighted by molar-refractivity contribution is 8.24. The summed E-state index contributed by atoms with van der Waals surface area (Å²) in [4.78, 5) is 21.7. The van der Waals surface area contributed by atoms with E-state index >= 15 is 0 Å². The molecule has 0 aromatic carbocycles. The molecule has 30 heavy (non-hydrogen) atoms. The van der Waals surface area contributed by atoms with Crippen molar-refractivity contribution in [3.05, 3.63) is 38.4 Å². The second-order valence-electron chi connectivity index (χ2n) is 7.96. The number of aryl methyl sites for hydroxylation is 1. The Kier molecular flexibility index (Phi) is 5.62. The first kappa shape index (κ1) is 21.2. The maximum atomic E-state index is 12.0. The van der Waals surface area contributed by atoms with Crippen LogP contribution >= 0.6 is 22.8 Å². The molecule has 12 heteroatoms. The second-order valence-corrected chi connectivity index (χ2v) is 10.7. The van der Waals surface area contributed by atoms with E-state index in [9.17, 15) is 13.9 Å². The van der Waals surface area contributed by atoms with Crippen LogP contribution in [-0.2, 0) is 13.1 Å². The maximum Gasteiger partial charge on any atom is 0.277 e. The summed E-state index contributed by atoms with van der Waals surface area (Å²) in [6, 6.07) is 0.0930. The highest BCUT2D eigenvalue weighted by Crippen LogP contribution is 2.50. The smallest absolute Gasteiger partial charge is 0.277 e. The number of aromatic nitrogens is 6. The van der Waals surface area contributed by atoms with Crippen molar-refractivity contribution in [2.24, 2.45) is 0 Å². The fraction of sp³-hybridized carbons (Fsp3) is 0.556. The van der Waals surface area contributed by atoms with Crippen molar-refractivity contribution in [3.8, 4) is 0 Å². The molecule has 164 valence electrons. The van der Waals surface area contributed by atoms with E-state index in [2.05, 4.69) is 25.4 Å². The third kappa shape index (κ3) is 3.97. The van der Waals surface area contributed by atoms with Crippen LogP contribution in [0.3, 0.4) is 0 Å². The van der Waals surface area contributed by atoms with Gasteiger partial charge in [0.2, 0.25) is 0 Å². The molecule has 3 aromatic heterocycles. The average molecular weight is 454 g/mol. The Morgan fingerprint density at radius 1 is 1.43 bits per heavy atom. The quantitative estimate of drug-likeness (QED) is 0.362. The topological polar surface area (TPSA) is 137 Å². The van der Waals surface area contributed by atoms with Gasteiger partial charge in [-0.2, -0.15) is 15.7 Å². The largest absolute Gasteiger partial charge is 0.339 e. The van der Waals surface area contributed by atoms with Crippen LogP contribution in [0.4, 0.5) is 0 Å². The summed E-state index contributed by atoms with van der Waals surface area (Å²) in [6.45, 7) is 7.22. The second kappa shape index (κ2) is 7.93. The van der Waals surface area contributed by atoms with Crippen molar-refractivity contribution in [2.45, 2.75) is 52.4 Å². The van der Waals surface area contributed by atoms with Crippen LogP contribution in [0.15, 0.2) is 11.1 Å². The van der Waals surface area contributed by atoms with Crippen molar-refractivity contribution in [3.63, 3.8) is 0 Å². The third-order valence-corrected chi connectivity index (χ3v) is 7.84. The molecule has 1 aliphatic heterocycles. The van der Waals surface area contributed by atoms with E-state index in [1.807, 2.05) is 30.0 Å². The van der Waals surface area contributed by atoms with E-state index in [4.69, 9.17) is 12.2 Å². The van der Waals surface area contributed by atoms with E-state index in [0.717, 1.165) is 23.4 Å². The minimum absolute atomic E-state index is 0.0345. The molecule has 4 heterocycles. The summed E-state index contributed by atoms with van der Waals surface area (Å²) < 4.78 is 24.0. The van der Waals surface area contributed by atoms with Gasteiger partial charge in [0.15, 0.2) is 10.4 Å². The molecule has 0 aliphatic carbocycles. The molecule has 0 bridgehead atoms. The lowest BCUT2D eigenvalue weighted by molar-refractivity contribution is 0.466. The lowest BCUT2D eigenvalue weighted by Gasteiger charge is -2.26. The summed E-state index contributed by atoms with van der Waals surface area (Å²) in [5, 5.41) is 8.17. The molecule has 1 aliphatic rings. The van der Waals surface area contributed by atoms with Gasteiger partial charge in [-0.1, -0.05) is 0 Å². The highest BCUT2D eigenvalue weighted by atomic mass is 32.3. The number of fused-ring (bicyclic) bond motifs is 1. The fourth-order valence-electron chi connectivity index (χ4n) is 4.07. The van der Waals surface area contributed by atoms with E-state index in [0.29, 0.717) is 40.5 Å². The van der Waals surface area contributed by atoms with E-state index in [1.54, 1.807) is 0 Å². The molecule has 1 fully saturated rings. The summed E-state index contributed by atoms with van der Waals surface area (Å²) >= 11 is 5.33. The lowest BCUT2D eigenvalue weighted by atomic mass is 10.1. The molecule has 10 nitrogen and oxygen atoms in total. The number of rotatable bonds is 6. The molecule has 1 saturated heterocycles. The van der Waals surface area contributed by atoms with Crippen molar-refractivity contribution in [1.29, 1.82) is 0 Å². The molecule has 0 saturated carbocycles. The lowest BCUT2D eigenvalue weighted by Crippen LogP contribution is -2.31. The molecule has 5 N–H and O–H groups in total. The minimum atomic E-state index is -2.47. The Morgan fingerprint density at radius 3 is 2.90 bits per heavy atom. The van der Waals surface area contributed by atoms with E-state index in [1.165, 1.54) is 6.33 Å². The Balaban J connectivity index is 1.48. The van der Waals surface area contributed by atoms with Gasteiger partial charge in [0.05, 0.1) is 23.8 Å². The standard InChI is InChI=1S/C18H27N7O3S2/c1-10(7-24-16-15(20-9-21-16)17(26)22-18(24)29)19-6-14-11(2)23-25(12(14)3)13-4-5-30(27,28)8-13/h9-10,13,19,27-28H,4-8H2,1-3H3,(H,20,21)(H,22,26,29). The van der Waals surface area contributed by atoms with Crippen LogP contribution in [-0.4, -0.2) is 56.0 Å². The Bertz CT molecular complexity index is 1190. The van der Waals surface area contributed by atoms with Gasteiger partial charge < -0.3 is 10.3 Å². The zero-order valence-electron chi connectivity index (χ0n) is 17.2. The van der Waals surface area contributed by atoms with Crippen LogP contribution in [0.1, 0.15) is 36.3 Å². The Hall–Kier alpha value is -1.99. The molecule has 2 unspecified atom stereocenters. The van der Waals surface area contributed by atoms with Crippen LogP contribution in [0, 0.1) is 18.6 Å². The highest BCUT2D eigenvalue weighted by Gasteiger charge is 2.31. The number of hydrogen-bond acceptors (Lipinski definition) is 7. The SMILES string of the molecule is Cc1nn(C2CCS(O)(O)C2)c(C)c1CNC(C)Cn1c(=S)[nH]c(=O)c2[nH]cnc21. The molecular formula is C18H27N7O3S2. The van der Waals surface area contributed by atoms with Crippen LogP contribution in [0.25, 0.3) is 11.2 Å². The van der Waals surface area contributed by atoms with Crippen molar-refractivity contribution < 1.29 is 9.11 Å². The molecule has 4 rings (SSSR count). The van der Waals surface area contributed by atoms with Crippen LogP contribution < -0.4 is 10.9 Å².